The topological polar surface area (TPSA) is 31.9 Å². The van der Waals surface area contributed by atoms with Crippen molar-refractivity contribution in [1.82, 2.24) is 14.9 Å². The Balaban J connectivity index is 1.56. The van der Waals surface area contributed by atoms with Gasteiger partial charge in [-0.05, 0) is 17.7 Å². The van der Waals surface area contributed by atoms with E-state index in [0.29, 0.717) is 0 Å². The molecule has 3 aromatic rings. The Labute approximate surface area is 143 Å². The molecular weight excluding hydrogens is 350 g/mol. The van der Waals surface area contributed by atoms with E-state index in [9.17, 15) is 0 Å². The van der Waals surface area contributed by atoms with Crippen LogP contribution < -0.4 is 0 Å². The number of aromatic amines is 1. The molecule has 0 atom stereocenters. The van der Waals surface area contributed by atoms with Gasteiger partial charge in [0.15, 0.2) is 0 Å². The maximum absolute atomic E-state index is 4.70. The molecule has 23 heavy (non-hydrogen) atoms. The van der Waals surface area contributed by atoms with Gasteiger partial charge in [-0.25, -0.2) is 4.98 Å². The molecule has 1 aromatic heterocycles. The number of H-pyrrole nitrogens is 1. The molecule has 0 bridgehead atoms. The smallest absolute Gasteiger partial charge is 0.138 e. The Morgan fingerprint density at radius 3 is 2.65 bits per heavy atom. The second-order valence-corrected chi connectivity index (χ2v) is 6.48. The number of fused-ring (bicyclic) bond motifs is 1. The Bertz CT molecular complexity index is 852. The van der Waals surface area contributed by atoms with E-state index >= 15 is 0 Å². The summed E-state index contributed by atoms with van der Waals surface area (Å²) < 4.78 is 1.15. The fourth-order valence-electron chi connectivity index (χ4n) is 2.80. The van der Waals surface area contributed by atoms with E-state index in [0.717, 1.165) is 34.6 Å². The van der Waals surface area contributed by atoms with Crippen LogP contribution in [-0.2, 0) is 13.1 Å². The van der Waals surface area contributed by atoms with Crippen LogP contribution in [0.5, 0.6) is 0 Å². The van der Waals surface area contributed by atoms with Crippen LogP contribution in [0.4, 0.5) is 0 Å². The zero-order valence-electron chi connectivity index (χ0n) is 12.5. The minimum Gasteiger partial charge on any atom is -0.367 e. The molecule has 0 saturated carbocycles. The molecule has 0 fully saturated rings. The molecular formula is C19H16BrN3. The number of rotatable bonds is 3. The van der Waals surface area contributed by atoms with Crippen LogP contribution in [0, 0.1) is 0 Å². The number of benzene rings is 2. The molecule has 3 nitrogen and oxygen atoms in total. The minimum absolute atomic E-state index is 0.840. The van der Waals surface area contributed by atoms with Crippen LogP contribution in [0.15, 0.2) is 65.3 Å². The number of halogens is 1. The monoisotopic (exact) mass is 365 g/mol. The van der Waals surface area contributed by atoms with Gasteiger partial charge in [0.05, 0.1) is 17.9 Å². The summed E-state index contributed by atoms with van der Waals surface area (Å²) in [6.07, 6.45) is 4.20. The van der Waals surface area contributed by atoms with Gasteiger partial charge in [0.2, 0.25) is 0 Å². The Morgan fingerprint density at radius 2 is 1.83 bits per heavy atom. The van der Waals surface area contributed by atoms with Gasteiger partial charge < -0.3 is 9.88 Å². The predicted molar refractivity (Wildman–Crippen MR) is 96.4 cm³/mol. The van der Waals surface area contributed by atoms with Crippen molar-refractivity contribution in [1.29, 1.82) is 0 Å². The van der Waals surface area contributed by atoms with E-state index in [1.54, 1.807) is 0 Å². The summed E-state index contributed by atoms with van der Waals surface area (Å²) >= 11 is 3.62. The van der Waals surface area contributed by atoms with E-state index in [1.807, 2.05) is 24.3 Å². The van der Waals surface area contributed by atoms with Crippen molar-refractivity contribution < 1.29 is 0 Å². The van der Waals surface area contributed by atoms with Gasteiger partial charge in [0.25, 0.3) is 0 Å². The third kappa shape index (κ3) is 2.94. The molecule has 0 saturated heterocycles. The fraction of sp³-hybridized carbons (Fsp3) is 0.105. The third-order valence-electron chi connectivity index (χ3n) is 3.99. The van der Waals surface area contributed by atoms with Crippen LogP contribution in [-0.4, -0.2) is 14.9 Å². The van der Waals surface area contributed by atoms with E-state index in [-0.39, 0.29) is 0 Å². The fourth-order valence-corrected chi connectivity index (χ4v) is 3.21. The average Bonchev–Trinajstić information content (AvgIpc) is 3.01. The molecule has 1 aliphatic heterocycles. The highest BCUT2D eigenvalue weighted by Gasteiger charge is 2.16. The van der Waals surface area contributed by atoms with Gasteiger partial charge >= 0.3 is 0 Å². The van der Waals surface area contributed by atoms with Gasteiger partial charge in [0.1, 0.15) is 5.82 Å². The first-order chi connectivity index (χ1) is 11.3. The molecule has 0 spiro atoms. The summed E-state index contributed by atoms with van der Waals surface area (Å²) in [5.41, 5.74) is 4.60. The number of nitrogens with one attached hydrogen (secondary N) is 1. The molecule has 0 unspecified atom stereocenters. The molecule has 1 aliphatic rings. The summed E-state index contributed by atoms with van der Waals surface area (Å²) in [5, 5.41) is 0. The van der Waals surface area contributed by atoms with Crippen molar-refractivity contribution in [3.63, 3.8) is 0 Å². The zero-order chi connectivity index (χ0) is 15.6. The lowest BCUT2D eigenvalue weighted by Crippen LogP contribution is -2.19. The molecule has 0 radical (unpaired) electrons. The van der Waals surface area contributed by atoms with Crippen LogP contribution in [0.1, 0.15) is 17.0 Å². The SMILES string of the molecule is Brc1ccccc1CN1C=Cc2nc(-c3ccccc3)[nH]c2C1. The molecule has 0 aliphatic carbocycles. The number of aromatic nitrogens is 2. The lowest BCUT2D eigenvalue weighted by atomic mass is 10.2. The van der Waals surface area contributed by atoms with Crippen molar-refractivity contribution in [3.05, 3.63) is 82.2 Å². The van der Waals surface area contributed by atoms with Crippen molar-refractivity contribution in [2.24, 2.45) is 0 Å². The summed E-state index contributed by atoms with van der Waals surface area (Å²) in [6.45, 7) is 1.71. The molecule has 4 rings (SSSR count). The zero-order valence-corrected chi connectivity index (χ0v) is 14.1. The number of nitrogens with zero attached hydrogens (tertiary/aromatic N) is 2. The average molecular weight is 366 g/mol. The first-order valence-corrected chi connectivity index (χ1v) is 8.39. The maximum atomic E-state index is 4.70. The molecule has 4 heteroatoms. The number of hydrogen-bond donors (Lipinski definition) is 1. The van der Waals surface area contributed by atoms with Gasteiger partial charge in [-0.2, -0.15) is 0 Å². The lowest BCUT2D eigenvalue weighted by molar-refractivity contribution is 0.355. The number of hydrogen-bond acceptors (Lipinski definition) is 2. The van der Waals surface area contributed by atoms with Crippen LogP contribution >= 0.6 is 15.9 Å². The first kappa shape index (κ1) is 14.3. The van der Waals surface area contributed by atoms with E-state index < -0.39 is 0 Å². The molecule has 2 heterocycles. The quantitative estimate of drug-likeness (QED) is 0.720. The van der Waals surface area contributed by atoms with Gasteiger partial charge in [0, 0.05) is 22.8 Å². The first-order valence-electron chi connectivity index (χ1n) is 7.59. The minimum atomic E-state index is 0.840. The number of imidazole rings is 1. The second-order valence-electron chi connectivity index (χ2n) is 5.63. The van der Waals surface area contributed by atoms with E-state index in [2.05, 4.69) is 68.4 Å². The molecule has 2 aromatic carbocycles. The highest BCUT2D eigenvalue weighted by molar-refractivity contribution is 9.10. The largest absolute Gasteiger partial charge is 0.367 e. The summed E-state index contributed by atoms with van der Waals surface area (Å²) in [5.74, 6) is 0.933. The Kier molecular flexibility index (Phi) is 3.75. The van der Waals surface area contributed by atoms with E-state index in [4.69, 9.17) is 4.98 Å². The van der Waals surface area contributed by atoms with Crippen molar-refractivity contribution >= 4 is 22.0 Å². The second kappa shape index (κ2) is 6.05. The summed E-state index contributed by atoms with van der Waals surface area (Å²) in [7, 11) is 0. The maximum Gasteiger partial charge on any atom is 0.138 e. The van der Waals surface area contributed by atoms with E-state index in [1.165, 1.54) is 11.3 Å². The Hall–Kier alpha value is -2.33. The third-order valence-corrected chi connectivity index (χ3v) is 4.77. The summed E-state index contributed by atoms with van der Waals surface area (Å²) in [4.78, 5) is 10.5. The molecule has 114 valence electrons. The lowest BCUT2D eigenvalue weighted by Gasteiger charge is -2.23. The molecule has 0 amide bonds. The predicted octanol–water partition coefficient (Wildman–Crippen LogP) is 4.83. The van der Waals surface area contributed by atoms with Crippen molar-refractivity contribution in [2.75, 3.05) is 0 Å². The van der Waals surface area contributed by atoms with Crippen molar-refractivity contribution in [2.45, 2.75) is 13.1 Å². The van der Waals surface area contributed by atoms with Crippen LogP contribution in [0.25, 0.3) is 17.5 Å². The van der Waals surface area contributed by atoms with Gasteiger partial charge in [-0.15, -0.1) is 0 Å². The van der Waals surface area contributed by atoms with Crippen LogP contribution in [0.2, 0.25) is 0 Å². The van der Waals surface area contributed by atoms with Gasteiger partial charge in [-0.1, -0.05) is 64.5 Å². The highest BCUT2D eigenvalue weighted by Crippen LogP contribution is 2.25. The van der Waals surface area contributed by atoms with Crippen molar-refractivity contribution in [3.8, 4) is 11.4 Å². The molecule has 1 N–H and O–H groups in total. The highest BCUT2D eigenvalue weighted by atomic mass is 79.9. The van der Waals surface area contributed by atoms with Gasteiger partial charge in [-0.3, -0.25) is 0 Å². The summed E-state index contributed by atoms with van der Waals surface area (Å²) in [6, 6.07) is 18.6. The normalized spacial score (nSPS) is 13.2. The van der Waals surface area contributed by atoms with Crippen LogP contribution in [0.3, 0.4) is 0 Å². The standard InChI is InChI=1S/C19H16BrN3/c20-16-9-5-4-8-15(16)12-23-11-10-17-18(13-23)22-19(21-17)14-6-2-1-3-7-14/h1-11H,12-13H2,(H,21,22). The Morgan fingerprint density at radius 1 is 1.04 bits per heavy atom.